The highest BCUT2D eigenvalue weighted by atomic mass is 16.7. The van der Waals surface area contributed by atoms with Gasteiger partial charge in [-0.05, 0) is 32.1 Å². The highest BCUT2D eigenvalue weighted by Gasteiger charge is 2.44. The van der Waals surface area contributed by atoms with Gasteiger partial charge in [-0.1, -0.05) is 187 Å². The summed E-state index contributed by atoms with van der Waals surface area (Å²) < 4.78 is 22.8. The summed E-state index contributed by atoms with van der Waals surface area (Å²) >= 11 is 0. The molecule has 9 heteroatoms. The Labute approximate surface area is 337 Å². The van der Waals surface area contributed by atoms with Gasteiger partial charge in [-0.15, -0.1) is 0 Å². The number of carbonyl (C=O) groups excluding carboxylic acids is 1. The lowest BCUT2D eigenvalue weighted by molar-refractivity contribution is -0.305. The van der Waals surface area contributed by atoms with Crippen LogP contribution < -0.4 is 0 Å². The standard InChI is InChI=1S/C46H88O9/c1-3-5-7-9-11-13-15-16-17-18-19-20-21-22-23-24-26-28-30-32-34-36-52-38-40(39-53-46-45(51)44(50)43(49)41(37-47)55-46)54-42(48)35-33-31-29-27-25-14-12-10-8-6-4-2/h10,12,40-41,43-47,49-51H,3-9,11,13-39H2,1-2H3/b12-10-. The molecule has 1 rings (SSSR count). The molecule has 55 heavy (non-hydrogen) atoms. The molecule has 0 amide bonds. The van der Waals surface area contributed by atoms with Crippen molar-refractivity contribution >= 4 is 5.97 Å². The molecule has 1 saturated heterocycles. The fourth-order valence-electron chi connectivity index (χ4n) is 7.24. The lowest BCUT2D eigenvalue weighted by Gasteiger charge is -2.39. The summed E-state index contributed by atoms with van der Waals surface area (Å²) in [4.78, 5) is 12.7. The van der Waals surface area contributed by atoms with Gasteiger partial charge in [-0.2, -0.15) is 0 Å². The van der Waals surface area contributed by atoms with Gasteiger partial charge in [0.2, 0.25) is 0 Å². The number of hydrogen-bond donors (Lipinski definition) is 4. The Bertz CT molecular complexity index is 853. The minimum Gasteiger partial charge on any atom is -0.457 e. The van der Waals surface area contributed by atoms with E-state index in [9.17, 15) is 25.2 Å². The van der Waals surface area contributed by atoms with Gasteiger partial charge in [0.15, 0.2) is 6.29 Å². The van der Waals surface area contributed by atoms with E-state index < -0.39 is 43.4 Å². The van der Waals surface area contributed by atoms with Crippen LogP contribution in [-0.2, 0) is 23.7 Å². The Balaban J connectivity index is 2.18. The van der Waals surface area contributed by atoms with Gasteiger partial charge >= 0.3 is 5.97 Å². The fraction of sp³-hybridized carbons (Fsp3) is 0.935. The zero-order chi connectivity index (χ0) is 40.0. The van der Waals surface area contributed by atoms with Gasteiger partial charge in [0.05, 0.1) is 19.8 Å². The predicted molar refractivity (Wildman–Crippen MR) is 224 cm³/mol. The average molecular weight is 785 g/mol. The Kier molecular flexibility index (Phi) is 36.3. The molecule has 1 aliphatic heterocycles. The molecule has 6 unspecified atom stereocenters. The molecule has 6 atom stereocenters. The fourth-order valence-corrected chi connectivity index (χ4v) is 7.24. The maximum atomic E-state index is 12.7. The molecule has 0 aliphatic carbocycles. The highest BCUT2D eigenvalue weighted by molar-refractivity contribution is 5.69. The molecule has 9 nitrogen and oxygen atoms in total. The summed E-state index contributed by atoms with van der Waals surface area (Å²) in [5.74, 6) is -0.320. The first-order chi connectivity index (χ1) is 26.9. The van der Waals surface area contributed by atoms with Gasteiger partial charge in [0, 0.05) is 13.0 Å². The zero-order valence-electron chi connectivity index (χ0n) is 35.7. The Morgan fingerprint density at radius 2 is 1.02 bits per heavy atom. The van der Waals surface area contributed by atoms with Crippen LogP contribution in [0.25, 0.3) is 0 Å². The van der Waals surface area contributed by atoms with Crippen LogP contribution in [0.2, 0.25) is 0 Å². The maximum Gasteiger partial charge on any atom is 0.306 e. The SMILES string of the molecule is CCCC/C=C\CCCCCCCC(=O)OC(COCCCCCCCCCCCCCCCCCCCCCCC)COC1OC(CO)C(O)C(O)C1O. The summed E-state index contributed by atoms with van der Waals surface area (Å²) in [5.41, 5.74) is 0. The maximum absolute atomic E-state index is 12.7. The van der Waals surface area contributed by atoms with Crippen LogP contribution in [0.3, 0.4) is 0 Å². The summed E-state index contributed by atoms with van der Waals surface area (Å²) in [7, 11) is 0. The van der Waals surface area contributed by atoms with Crippen LogP contribution in [0.1, 0.15) is 213 Å². The molecule has 0 bridgehead atoms. The normalized spacial score (nSPS) is 20.7. The number of allylic oxidation sites excluding steroid dienone is 2. The van der Waals surface area contributed by atoms with E-state index in [1.165, 1.54) is 141 Å². The van der Waals surface area contributed by atoms with Crippen molar-refractivity contribution in [2.45, 2.75) is 250 Å². The molecule has 0 saturated carbocycles. The Hall–Kier alpha value is -1.07. The van der Waals surface area contributed by atoms with Gasteiger partial charge in [0.1, 0.15) is 30.5 Å². The van der Waals surface area contributed by atoms with E-state index in [0.717, 1.165) is 51.4 Å². The smallest absolute Gasteiger partial charge is 0.306 e. The van der Waals surface area contributed by atoms with E-state index in [4.69, 9.17) is 18.9 Å². The molecule has 0 aromatic heterocycles. The molecule has 0 radical (unpaired) electrons. The van der Waals surface area contributed by atoms with Gasteiger partial charge in [-0.3, -0.25) is 4.79 Å². The molecule has 1 fully saturated rings. The van der Waals surface area contributed by atoms with Crippen molar-refractivity contribution in [3.05, 3.63) is 12.2 Å². The summed E-state index contributed by atoms with van der Waals surface area (Å²) in [5, 5.41) is 40.1. The molecule has 0 aromatic carbocycles. The number of aliphatic hydroxyl groups excluding tert-OH is 4. The highest BCUT2D eigenvalue weighted by Crippen LogP contribution is 2.23. The number of hydrogen-bond acceptors (Lipinski definition) is 9. The summed E-state index contributed by atoms with van der Waals surface area (Å²) in [6.45, 7) is 4.54. The number of ether oxygens (including phenoxy) is 4. The molecule has 1 aliphatic rings. The van der Waals surface area contributed by atoms with E-state index >= 15 is 0 Å². The zero-order valence-corrected chi connectivity index (χ0v) is 35.7. The minimum atomic E-state index is -1.53. The number of rotatable bonds is 40. The molecule has 326 valence electrons. The van der Waals surface area contributed by atoms with Gasteiger partial charge in [0.25, 0.3) is 0 Å². The monoisotopic (exact) mass is 785 g/mol. The number of unbranched alkanes of at least 4 members (excludes halogenated alkanes) is 27. The predicted octanol–water partition coefficient (Wildman–Crippen LogP) is 10.4. The lowest BCUT2D eigenvalue weighted by atomic mass is 9.99. The second-order valence-corrected chi connectivity index (χ2v) is 16.2. The van der Waals surface area contributed by atoms with Crippen molar-refractivity contribution in [2.24, 2.45) is 0 Å². The van der Waals surface area contributed by atoms with Crippen molar-refractivity contribution in [3.63, 3.8) is 0 Å². The van der Waals surface area contributed by atoms with Crippen molar-refractivity contribution in [3.8, 4) is 0 Å². The van der Waals surface area contributed by atoms with Crippen LogP contribution >= 0.6 is 0 Å². The summed E-state index contributed by atoms with van der Waals surface area (Å²) in [6.07, 6.45) is 35.4. The van der Waals surface area contributed by atoms with Crippen LogP contribution in [0.5, 0.6) is 0 Å². The molecular formula is C46H88O9. The van der Waals surface area contributed by atoms with E-state index in [-0.39, 0.29) is 19.2 Å². The quantitative estimate of drug-likeness (QED) is 0.0272. The van der Waals surface area contributed by atoms with Crippen LogP contribution in [0, 0.1) is 0 Å². The van der Waals surface area contributed by atoms with Crippen molar-refractivity contribution in [1.82, 2.24) is 0 Å². The van der Waals surface area contributed by atoms with E-state index in [2.05, 4.69) is 26.0 Å². The van der Waals surface area contributed by atoms with Crippen LogP contribution in [0.15, 0.2) is 12.2 Å². The third kappa shape index (κ3) is 29.8. The van der Waals surface area contributed by atoms with Crippen LogP contribution in [0.4, 0.5) is 0 Å². The lowest BCUT2D eigenvalue weighted by Crippen LogP contribution is -2.59. The Morgan fingerprint density at radius 3 is 1.53 bits per heavy atom. The average Bonchev–Trinajstić information content (AvgIpc) is 3.18. The Morgan fingerprint density at radius 1 is 0.564 bits per heavy atom. The molecule has 0 aromatic rings. The molecule has 1 heterocycles. The second kappa shape index (κ2) is 38.4. The first-order valence-electron chi connectivity index (χ1n) is 23.3. The van der Waals surface area contributed by atoms with E-state index in [1.807, 2.05) is 0 Å². The number of carbonyl (C=O) groups is 1. The first-order valence-corrected chi connectivity index (χ1v) is 23.3. The summed E-state index contributed by atoms with van der Waals surface area (Å²) in [6, 6.07) is 0. The number of esters is 1. The van der Waals surface area contributed by atoms with Crippen molar-refractivity contribution in [1.29, 1.82) is 0 Å². The van der Waals surface area contributed by atoms with E-state index in [0.29, 0.717) is 13.0 Å². The van der Waals surface area contributed by atoms with Crippen LogP contribution in [-0.4, -0.2) is 89.6 Å². The van der Waals surface area contributed by atoms with Gasteiger partial charge < -0.3 is 39.4 Å². The topological polar surface area (TPSA) is 135 Å². The van der Waals surface area contributed by atoms with Gasteiger partial charge in [-0.25, -0.2) is 0 Å². The largest absolute Gasteiger partial charge is 0.457 e. The first kappa shape index (κ1) is 51.9. The van der Waals surface area contributed by atoms with Crippen molar-refractivity contribution < 1.29 is 44.2 Å². The second-order valence-electron chi connectivity index (χ2n) is 16.2. The molecular weight excluding hydrogens is 696 g/mol. The molecule has 0 spiro atoms. The molecule has 4 N–H and O–H groups in total. The minimum absolute atomic E-state index is 0.112. The van der Waals surface area contributed by atoms with E-state index in [1.54, 1.807) is 0 Å². The third-order valence-corrected chi connectivity index (χ3v) is 10.9. The number of aliphatic hydroxyl groups is 4. The third-order valence-electron chi connectivity index (χ3n) is 10.9. The van der Waals surface area contributed by atoms with Crippen molar-refractivity contribution in [2.75, 3.05) is 26.4 Å².